The predicted molar refractivity (Wildman–Crippen MR) is 94.7 cm³/mol. The van der Waals surface area contributed by atoms with Crippen molar-refractivity contribution in [2.75, 3.05) is 33.4 Å². The highest BCUT2D eigenvalue weighted by atomic mass is 16.5. The summed E-state index contributed by atoms with van der Waals surface area (Å²) in [6.45, 7) is 8.56. The van der Waals surface area contributed by atoms with Crippen molar-refractivity contribution in [3.05, 3.63) is 17.5 Å². The molecule has 1 aromatic heterocycles. The topological polar surface area (TPSA) is 76.9 Å². The van der Waals surface area contributed by atoms with Crippen molar-refractivity contribution in [3.63, 3.8) is 0 Å². The SMILES string of the molecule is COC(=O)c1cc2n(n1)CCCN(C(=O)C[C@@H]1CN(C(C)C)CCO1)C2. The van der Waals surface area contributed by atoms with Crippen molar-refractivity contribution >= 4 is 11.9 Å². The van der Waals surface area contributed by atoms with Gasteiger partial charge >= 0.3 is 5.97 Å². The Labute approximate surface area is 154 Å². The third kappa shape index (κ3) is 4.24. The average molecular weight is 364 g/mol. The lowest BCUT2D eigenvalue weighted by Crippen LogP contribution is -2.47. The molecule has 0 radical (unpaired) electrons. The molecule has 1 aromatic rings. The molecule has 0 aromatic carbocycles. The summed E-state index contributed by atoms with van der Waals surface area (Å²) in [5.41, 5.74) is 1.16. The van der Waals surface area contributed by atoms with E-state index in [0.29, 0.717) is 44.4 Å². The van der Waals surface area contributed by atoms with Gasteiger partial charge in [0.25, 0.3) is 0 Å². The quantitative estimate of drug-likeness (QED) is 0.739. The fourth-order valence-corrected chi connectivity index (χ4v) is 3.54. The molecular weight excluding hydrogens is 336 g/mol. The summed E-state index contributed by atoms with van der Waals surface area (Å²) in [4.78, 5) is 28.7. The third-order valence-electron chi connectivity index (χ3n) is 5.06. The molecule has 8 heteroatoms. The van der Waals surface area contributed by atoms with Crippen LogP contribution in [0.15, 0.2) is 6.07 Å². The highest BCUT2D eigenvalue weighted by molar-refractivity contribution is 5.87. The number of hydrogen-bond acceptors (Lipinski definition) is 6. The van der Waals surface area contributed by atoms with Gasteiger partial charge in [0.15, 0.2) is 5.69 Å². The van der Waals surface area contributed by atoms with Crippen LogP contribution in [0.2, 0.25) is 0 Å². The lowest BCUT2D eigenvalue weighted by molar-refractivity contribution is -0.137. The van der Waals surface area contributed by atoms with Crippen LogP contribution in [-0.2, 0) is 27.4 Å². The highest BCUT2D eigenvalue weighted by Crippen LogP contribution is 2.18. The van der Waals surface area contributed by atoms with Gasteiger partial charge in [-0.05, 0) is 26.3 Å². The molecule has 26 heavy (non-hydrogen) atoms. The third-order valence-corrected chi connectivity index (χ3v) is 5.06. The molecule has 0 spiro atoms. The molecule has 1 atom stereocenters. The van der Waals surface area contributed by atoms with Crippen LogP contribution in [0, 0.1) is 0 Å². The number of nitrogens with zero attached hydrogens (tertiary/aromatic N) is 4. The second-order valence-corrected chi connectivity index (χ2v) is 7.19. The van der Waals surface area contributed by atoms with E-state index in [4.69, 9.17) is 9.47 Å². The Hall–Kier alpha value is -1.93. The van der Waals surface area contributed by atoms with Crippen LogP contribution in [-0.4, -0.2) is 77.0 Å². The number of carbonyl (C=O) groups is 2. The minimum atomic E-state index is -0.451. The molecule has 1 fully saturated rings. The summed E-state index contributed by atoms with van der Waals surface area (Å²) in [6, 6.07) is 2.18. The molecule has 3 rings (SSSR count). The molecule has 0 saturated carbocycles. The van der Waals surface area contributed by atoms with Gasteiger partial charge in [0.05, 0.1) is 38.5 Å². The standard InChI is InChI=1S/C18H28N4O4/c1-13(2)20-7-8-26-15(12-20)10-17(23)21-5-4-6-22-14(11-21)9-16(19-22)18(24)25-3/h9,13,15H,4-8,10-12H2,1-3H3/t15-/m1/s1. The van der Waals surface area contributed by atoms with Crippen LogP contribution in [0.5, 0.6) is 0 Å². The Bertz CT molecular complexity index is 658. The van der Waals surface area contributed by atoms with E-state index in [1.54, 1.807) is 10.7 Å². The van der Waals surface area contributed by atoms with E-state index in [1.807, 2.05) is 4.90 Å². The van der Waals surface area contributed by atoms with E-state index in [9.17, 15) is 9.59 Å². The first-order valence-corrected chi connectivity index (χ1v) is 9.26. The smallest absolute Gasteiger partial charge is 0.358 e. The van der Waals surface area contributed by atoms with Gasteiger partial charge in [-0.1, -0.05) is 0 Å². The zero-order valence-electron chi connectivity index (χ0n) is 15.8. The lowest BCUT2D eigenvalue weighted by atomic mass is 10.1. The number of ether oxygens (including phenoxy) is 2. The normalized spacial score (nSPS) is 21.4. The Balaban J connectivity index is 1.63. The number of fused-ring (bicyclic) bond motifs is 1. The zero-order valence-corrected chi connectivity index (χ0v) is 15.8. The van der Waals surface area contributed by atoms with E-state index in [-0.39, 0.29) is 12.0 Å². The van der Waals surface area contributed by atoms with Crippen molar-refractivity contribution in [1.82, 2.24) is 19.6 Å². The van der Waals surface area contributed by atoms with Gasteiger partial charge in [-0.25, -0.2) is 4.79 Å². The maximum Gasteiger partial charge on any atom is 0.358 e. The van der Waals surface area contributed by atoms with Crippen molar-refractivity contribution in [2.45, 2.75) is 51.9 Å². The van der Waals surface area contributed by atoms with Gasteiger partial charge in [-0.2, -0.15) is 5.10 Å². The first-order valence-electron chi connectivity index (χ1n) is 9.26. The van der Waals surface area contributed by atoms with E-state index < -0.39 is 5.97 Å². The largest absolute Gasteiger partial charge is 0.464 e. The van der Waals surface area contributed by atoms with Crippen LogP contribution in [0.4, 0.5) is 0 Å². The fourth-order valence-electron chi connectivity index (χ4n) is 3.54. The maximum atomic E-state index is 12.8. The zero-order chi connectivity index (χ0) is 18.7. The summed E-state index contributed by atoms with van der Waals surface area (Å²) in [5.74, 6) is -0.359. The van der Waals surface area contributed by atoms with E-state index in [1.165, 1.54) is 7.11 Å². The van der Waals surface area contributed by atoms with E-state index >= 15 is 0 Å². The van der Waals surface area contributed by atoms with Crippen molar-refractivity contribution in [2.24, 2.45) is 0 Å². The predicted octanol–water partition coefficient (Wildman–Crippen LogP) is 0.901. The molecule has 3 heterocycles. The summed E-state index contributed by atoms with van der Waals surface area (Å²) < 4.78 is 12.3. The molecule has 1 amide bonds. The highest BCUT2D eigenvalue weighted by Gasteiger charge is 2.28. The van der Waals surface area contributed by atoms with Crippen molar-refractivity contribution < 1.29 is 19.1 Å². The molecule has 0 N–H and O–H groups in total. The fraction of sp³-hybridized carbons (Fsp3) is 0.722. The number of esters is 1. The van der Waals surface area contributed by atoms with Crippen LogP contribution in [0.25, 0.3) is 0 Å². The number of hydrogen-bond donors (Lipinski definition) is 0. The van der Waals surface area contributed by atoms with E-state index in [2.05, 4.69) is 23.8 Å². The lowest BCUT2D eigenvalue weighted by Gasteiger charge is -2.36. The maximum absolute atomic E-state index is 12.8. The first-order chi connectivity index (χ1) is 12.5. The minimum absolute atomic E-state index is 0.0579. The molecule has 2 aliphatic heterocycles. The van der Waals surface area contributed by atoms with Gasteiger partial charge in [-0.3, -0.25) is 14.4 Å². The molecule has 8 nitrogen and oxygen atoms in total. The Morgan fingerprint density at radius 1 is 1.35 bits per heavy atom. The number of aryl methyl sites for hydroxylation is 1. The second kappa shape index (κ2) is 8.18. The molecule has 0 unspecified atom stereocenters. The van der Waals surface area contributed by atoms with Crippen LogP contribution >= 0.6 is 0 Å². The van der Waals surface area contributed by atoms with Crippen LogP contribution < -0.4 is 0 Å². The number of morpholine rings is 1. The summed E-state index contributed by atoms with van der Waals surface area (Å²) in [7, 11) is 1.34. The van der Waals surface area contributed by atoms with Gasteiger partial charge in [0, 0.05) is 32.2 Å². The summed E-state index contributed by atoms with van der Waals surface area (Å²) in [5, 5.41) is 4.29. The molecule has 1 saturated heterocycles. The minimum Gasteiger partial charge on any atom is -0.464 e. The number of methoxy groups -OCH3 is 1. The summed E-state index contributed by atoms with van der Waals surface area (Å²) >= 11 is 0. The van der Waals surface area contributed by atoms with E-state index in [0.717, 1.165) is 25.2 Å². The average Bonchev–Trinajstić information content (AvgIpc) is 2.92. The number of carbonyl (C=O) groups excluding carboxylic acids is 2. The molecule has 2 aliphatic rings. The van der Waals surface area contributed by atoms with Crippen molar-refractivity contribution in [1.29, 1.82) is 0 Å². The number of amides is 1. The summed E-state index contributed by atoms with van der Waals surface area (Å²) in [6.07, 6.45) is 1.14. The van der Waals surface area contributed by atoms with Crippen LogP contribution in [0.3, 0.4) is 0 Å². The Morgan fingerprint density at radius 2 is 2.15 bits per heavy atom. The van der Waals surface area contributed by atoms with Gasteiger partial charge in [-0.15, -0.1) is 0 Å². The molecule has 0 bridgehead atoms. The molecule has 0 aliphatic carbocycles. The van der Waals surface area contributed by atoms with Gasteiger partial charge in [0.1, 0.15) is 0 Å². The van der Waals surface area contributed by atoms with Crippen molar-refractivity contribution in [3.8, 4) is 0 Å². The van der Waals surface area contributed by atoms with Crippen LogP contribution in [0.1, 0.15) is 42.9 Å². The first kappa shape index (κ1) is 18.8. The number of rotatable bonds is 4. The molecular formula is C18H28N4O4. The van der Waals surface area contributed by atoms with Gasteiger partial charge in [0.2, 0.25) is 5.91 Å². The Kier molecular flexibility index (Phi) is 5.93. The molecule has 144 valence electrons. The second-order valence-electron chi connectivity index (χ2n) is 7.19. The van der Waals surface area contributed by atoms with Gasteiger partial charge < -0.3 is 14.4 Å². The Morgan fingerprint density at radius 3 is 2.88 bits per heavy atom. The number of aromatic nitrogens is 2. The monoisotopic (exact) mass is 364 g/mol.